The Morgan fingerprint density at radius 2 is 1.95 bits per heavy atom. The van der Waals surface area contributed by atoms with Crippen LogP contribution in [-0.2, 0) is 7.05 Å². The van der Waals surface area contributed by atoms with Crippen molar-refractivity contribution in [3.05, 3.63) is 64.7 Å². The molecule has 0 aromatic carbocycles. The van der Waals surface area contributed by atoms with E-state index < -0.39 is 7.77 Å². The number of anilines is 3. The van der Waals surface area contributed by atoms with Crippen LogP contribution in [0.5, 0.6) is 5.88 Å². The monoisotopic (exact) mass is 648 g/mol. The molecule has 0 spiro atoms. The van der Waals surface area contributed by atoms with Crippen LogP contribution in [0.2, 0.25) is 0 Å². The third kappa shape index (κ3) is 5.78. The molecule has 216 valence electrons. The molecule has 3 N–H and O–H groups in total. The van der Waals surface area contributed by atoms with Crippen LogP contribution in [0.25, 0.3) is 17.2 Å². The Labute approximate surface area is 252 Å². The van der Waals surface area contributed by atoms with E-state index in [-0.39, 0.29) is 6.04 Å². The average molecular weight is 649 g/mol. The molecule has 0 saturated carbocycles. The molecule has 1 saturated heterocycles. The Morgan fingerprint density at radius 3 is 2.69 bits per heavy atom. The fourth-order valence-corrected chi connectivity index (χ4v) is 6.62. The number of nitrogens with zero attached hydrogens (tertiary/aromatic N) is 7. The van der Waals surface area contributed by atoms with Gasteiger partial charge in [-0.15, -0.1) is 0 Å². The van der Waals surface area contributed by atoms with Crippen molar-refractivity contribution in [1.29, 1.82) is 0 Å². The highest BCUT2D eigenvalue weighted by molar-refractivity contribution is 9.10. The first-order valence-electron chi connectivity index (χ1n) is 13.5. The molecular weight excluding hydrogens is 619 g/mol. The number of methoxy groups -OCH3 is 1. The quantitative estimate of drug-likeness (QED) is 0.253. The van der Waals surface area contributed by atoms with Crippen molar-refractivity contribution in [2.24, 2.45) is 7.05 Å². The second-order valence-electron chi connectivity index (χ2n) is 10.1. The first kappa shape index (κ1) is 28.4. The van der Waals surface area contributed by atoms with Crippen LogP contribution in [-0.4, -0.2) is 72.9 Å². The van der Waals surface area contributed by atoms with Gasteiger partial charge >= 0.3 is 0 Å². The molecule has 4 aromatic rings. The van der Waals surface area contributed by atoms with Gasteiger partial charge in [-0.25, -0.2) is 15.0 Å². The van der Waals surface area contributed by atoms with Crippen LogP contribution in [0.3, 0.4) is 0 Å². The lowest BCUT2D eigenvalue weighted by atomic mass is 9.89. The minimum Gasteiger partial charge on any atom is -0.630 e. The summed E-state index contributed by atoms with van der Waals surface area (Å²) in [5.41, 5.74) is 4.91. The van der Waals surface area contributed by atoms with Crippen molar-refractivity contribution in [2.45, 2.75) is 24.8 Å². The minimum absolute atomic E-state index is 0.304. The summed E-state index contributed by atoms with van der Waals surface area (Å²) in [4.78, 5) is 35.8. The molecule has 42 heavy (non-hydrogen) atoms. The van der Waals surface area contributed by atoms with Crippen LogP contribution in [0, 0.1) is 0 Å². The molecule has 2 atom stereocenters. The molecule has 1 fully saturated rings. The number of nitrogens with one attached hydrogen (secondary N) is 3. The number of halogens is 1. The molecular formula is C28H30BrN10O2P. The molecule has 2 aliphatic rings. The SMILES string of the molecule is COc1nc(C2CCNCC2)c(-c2cnn(C)c2)cc1Nc1ncc(Br)c(NC2C=Cc3nccnc3C2=[P+](C)[O-])n1. The molecule has 2 unspecified atom stereocenters. The molecule has 0 bridgehead atoms. The third-order valence-corrected chi connectivity index (χ3v) is 9.03. The minimum atomic E-state index is -1.70. The molecule has 1 aliphatic heterocycles. The maximum absolute atomic E-state index is 12.8. The van der Waals surface area contributed by atoms with Gasteiger partial charge in [0, 0.05) is 48.9 Å². The number of ether oxygens (including phenoxy) is 1. The van der Waals surface area contributed by atoms with E-state index in [1.54, 1.807) is 37.0 Å². The maximum atomic E-state index is 12.8. The summed E-state index contributed by atoms with van der Waals surface area (Å²) in [5.74, 6) is 1.63. The van der Waals surface area contributed by atoms with Gasteiger partial charge in [-0.1, -0.05) is 6.08 Å². The van der Waals surface area contributed by atoms with Gasteiger partial charge in [-0.2, -0.15) is 10.1 Å². The summed E-state index contributed by atoms with van der Waals surface area (Å²) >= 11 is 3.56. The predicted molar refractivity (Wildman–Crippen MR) is 166 cm³/mol. The molecule has 12 nitrogen and oxygen atoms in total. The van der Waals surface area contributed by atoms with Gasteiger partial charge in [0.1, 0.15) is 23.2 Å². The largest absolute Gasteiger partial charge is 0.630 e. The maximum Gasteiger partial charge on any atom is 0.237 e. The number of pyridine rings is 1. The molecule has 5 heterocycles. The Hall–Kier alpha value is -3.77. The zero-order chi connectivity index (χ0) is 29.2. The molecule has 0 radical (unpaired) electrons. The van der Waals surface area contributed by atoms with Crippen molar-refractivity contribution < 1.29 is 9.63 Å². The van der Waals surface area contributed by atoms with Gasteiger partial charge in [0.2, 0.25) is 11.8 Å². The first-order chi connectivity index (χ1) is 20.4. The lowest BCUT2D eigenvalue weighted by Gasteiger charge is -2.25. The Bertz CT molecular complexity index is 1680. The van der Waals surface area contributed by atoms with Crippen LogP contribution in [0.1, 0.15) is 35.8 Å². The predicted octanol–water partition coefficient (Wildman–Crippen LogP) is 3.46. The van der Waals surface area contributed by atoms with E-state index in [4.69, 9.17) is 14.7 Å². The standard InChI is InChI=1S/C28H30BrN10O2P/c1-39-15-17(13-34-39)18-12-22(27(41-2)37-23(18)16-6-8-30-9-7-16)36-28-33-14-19(29)26(38-28)35-21-5-4-20-24(25(21)42(3)40)32-11-10-31-20/h4-5,10-16,21,30H,6-9H2,1-3H3,(H2,33,35,36,38). The van der Waals surface area contributed by atoms with Crippen LogP contribution in [0.4, 0.5) is 17.5 Å². The molecule has 0 amide bonds. The third-order valence-electron chi connectivity index (χ3n) is 7.28. The van der Waals surface area contributed by atoms with Crippen LogP contribution >= 0.6 is 23.7 Å². The zero-order valence-corrected chi connectivity index (χ0v) is 25.9. The Morgan fingerprint density at radius 1 is 1.14 bits per heavy atom. The summed E-state index contributed by atoms with van der Waals surface area (Å²) < 4.78 is 8.18. The first-order valence-corrected chi connectivity index (χ1v) is 16.0. The van der Waals surface area contributed by atoms with Crippen molar-refractivity contribution in [3.8, 4) is 17.0 Å². The Balaban J connectivity index is 1.33. The van der Waals surface area contributed by atoms with E-state index in [0.717, 1.165) is 42.8 Å². The summed E-state index contributed by atoms with van der Waals surface area (Å²) in [6.45, 7) is 3.57. The summed E-state index contributed by atoms with van der Waals surface area (Å²) in [6, 6.07) is 1.64. The van der Waals surface area contributed by atoms with Crippen molar-refractivity contribution >= 4 is 52.5 Å². The van der Waals surface area contributed by atoms with E-state index in [1.165, 1.54) is 0 Å². The van der Waals surface area contributed by atoms with Crippen molar-refractivity contribution in [1.82, 2.24) is 40.0 Å². The van der Waals surface area contributed by atoms with Gasteiger partial charge < -0.3 is 25.6 Å². The number of aromatic nitrogens is 7. The molecule has 14 heteroatoms. The lowest BCUT2D eigenvalue weighted by molar-refractivity contribution is -0.151. The van der Waals surface area contributed by atoms with Crippen molar-refractivity contribution in [2.75, 3.05) is 37.5 Å². The highest BCUT2D eigenvalue weighted by atomic mass is 79.9. The number of hydrogen-bond acceptors (Lipinski definition) is 11. The lowest BCUT2D eigenvalue weighted by Crippen LogP contribution is -2.33. The fourth-order valence-electron chi connectivity index (χ4n) is 5.30. The van der Waals surface area contributed by atoms with Gasteiger partial charge in [-0.05, 0) is 54.0 Å². The molecule has 6 rings (SSSR count). The van der Waals surface area contributed by atoms with Crippen LogP contribution < -0.4 is 25.6 Å². The number of rotatable bonds is 7. The average Bonchev–Trinajstić information content (AvgIpc) is 3.44. The van der Waals surface area contributed by atoms with Crippen LogP contribution in [0.15, 0.2) is 47.6 Å². The summed E-state index contributed by atoms with van der Waals surface area (Å²) in [6.07, 6.45) is 14.5. The topological polar surface area (TPSA) is 151 Å². The van der Waals surface area contributed by atoms with E-state index in [1.807, 2.05) is 37.7 Å². The second-order valence-corrected chi connectivity index (χ2v) is 12.4. The van der Waals surface area contributed by atoms with E-state index in [0.29, 0.717) is 50.4 Å². The zero-order valence-electron chi connectivity index (χ0n) is 23.4. The van der Waals surface area contributed by atoms with Gasteiger partial charge in [0.25, 0.3) is 0 Å². The smallest absolute Gasteiger partial charge is 0.237 e. The van der Waals surface area contributed by atoms with Gasteiger partial charge in [0.05, 0.1) is 43.6 Å². The molecule has 4 aromatic heterocycles. The highest BCUT2D eigenvalue weighted by Crippen LogP contribution is 2.39. The van der Waals surface area contributed by atoms with Gasteiger partial charge in [0.15, 0.2) is 5.29 Å². The summed E-state index contributed by atoms with van der Waals surface area (Å²) in [7, 11) is 1.81. The highest BCUT2D eigenvalue weighted by Gasteiger charge is 2.29. The number of fused-ring (bicyclic) bond motifs is 1. The van der Waals surface area contributed by atoms with E-state index >= 15 is 0 Å². The number of aryl methyl sites for hydroxylation is 1. The fraction of sp³-hybridized carbons (Fsp3) is 0.321. The second kappa shape index (κ2) is 12.2. The Kier molecular flexibility index (Phi) is 8.25. The van der Waals surface area contributed by atoms with E-state index in [2.05, 4.69) is 51.9 Å². The van der Waals surface area contributed by atoms with Gasteiger partial charge in [-0.3, -0.25) is 9.67 Å². The number of hydrogen-bond donors (Lipinski definition) is 3. The molecule has 1 aliphatic carbocycles. The normalized spacial score (nSPS) is 18.0. The summed E-state index contributed by atoms with van der Waals surface area (Å²) in [5, 5.41) is 15.2. The van der Waals surface area contributed by atoms with Crippen molar-refractivity contribution in [3.63, 3.8) is 0 Å². The van der Waals surface area contributed by atoms with E-state index in [9.17, 15) is 4.89 Å². The number of piperidine rings is 1.